The molecule has 2 heterocycles. The van der Waals surface area contributed by atoms with E-state index in [0.717, 1.165) is 13.0 Å². The highest BCUT2D eigenvalue weighted by molar-refractivity contribution is 5.95. The number of nitrogens with zero attached hydrogens (tertiary/aromatic N) is 3. The summed E-state index contributed by atoms with van der Waals surface area (Å²) in [5, 5.41) is 11.6. The largest absolute Gasteiger partial charge is 0.492 e. The van der Waals surface area contributed by atoms with Crippen molar-refractivity contribution in [3.05, 3.63) is 24.0 Å². The topological polar surface area (TPSA) is 84.0 Å². The predicted molar refractivity (Wildman–Crippen MR) is 72.5 cm³/mol. The Kier molecular flexibility index (Phi) is 4.57. The number of oxime groups is 1. The molecule has 104 valence electrons. The summed E-state index contributed by atoms with van der Waals surface area (Å²) >= 11 is 0. The van der Waals surface area contributed by atoms with Crippen molar-refractivity contribution in [2.75, 3.05) is 20.2 Å². The Morgan fingerprint density at radius 3 is 3.21 bits per heavy atom. The molecule has 0 aromatic carbocycles. The molecule has 1 aliphatic rings. The summed E-state index contributed by atoms with van der Waals surface area (Å²) in [5.74, 6) is 0.677. The number of hydrogen-bond acceptors (Lipinski definition) is 5. The second kappa shape index (κ2) is 6.38. The Morgan fingerprint density at radius 2 is 2.47 bits per heavy atom. The van der Waals surface area contributed by atoms with E-state index in [-0.39, 0.29) is 5.84 Å². The summed E-state index contributed by atoms with van der Waals surface area (Å²) in [5.41, 5.74) is 5.91. The van der Waals surface area contributed by atoms with Gasteiger partial charge in [0, 0.05) is 18.3 Å². The highest BCUT2D eigenvalue weighted by Gasteiger charge is 2.19. The highest BCUT2D eigenvalue weighted by atomic mass is 16.5. The van der Waals surface area contributed by atoms with Gasteiger partial charge in [0.2, 0.25) is 0 Å². The first kappa shape index (κ1) is 13.6. The molecule has 1 aliphatic heterocycles. The molecule has 1 unspecified atom stereocenters. The van der Waals surface area contributed by atoms with Crippen molar-refractivity contribution >= 4 is 5.84 Å². The number of rotatable bonds is 4. The molecule has 2 rings (SSSR count). The second-order valence-electron chi connectivity index (χ2n) is 4.80. The molecule has 0 radical (unpaired) electrons. The Morgan fingerprint density at radius 1 is 1.63 bits per heavy atom. The summed E-state index contributed by atoms with van der Waals surface area (Å²) in [6.45, 7) is 1.77. The zero-order valence-corrected chi connectivity index (χ0v) is 11.1. The second-order valence-corrected chi connectivity index (χ2v) is 4.80. The monoisotopic (exact) mass is 264 g/mol. The van der Waals surface area contributed by atoms with E-state index in [9.17, 15) is 0 Å². The maximum absolute atomic E-state index is 8.62. The molecule has 1 saturated heterocycles. The molecule has 1 aromatic rings. The molecule has 1 fully saturated rings. The van der Waals surface area contributed by atoms with Crippen molar-refractivity contribution in [2.24, 2.45) is 10.9 Å². The molecule has 3 N–H and O–H groups in total. The minimum atomic E-state index is -0.0137. The lowest BCUT2D eigenvalue weighted by molar-refractivity contribution is 0.125. The van der Waals surface area contributed by atoms with E-state index in [1.54, 1.807) is 18.3 Å². The molecule has 19 heavy (non-hydrogen) atoms. The van der Waals surface area contributed by atoms with Crippen LogP contribution in [-0.2, 0) is 0 Å². The summed E-state index contributed by atoms with van der Waals surface area (Å²) in [7, 11) is 2.13. The summed E-state index contributed by atoms with van der Waals surface area (Å²) in [6.07, 6.45) is 5.27. The quantitative estimate of drug-likeness (QED) is 0.367. The van der Waals surface area contributed by atoms with Crippen molar-refractivity contribution in [1.29, 1.82) is 0 Å². The first-order valence-electron chi connectivity index (χ1n) is 6.47. The third-order valence-corrected chi connectivity index (χ3v) is 3.47. The molecule has 0 bridgehead atoms. The standard InChI is InChI=1S/C13H20N4O2/c1-17-7-3-2-4-10(17)9-19-11-5-6-15-12(8-11)13(14)16-18/h5-6,8,10,18H,2-4,7,9H2,1H3,(H2,14,16). The maximum atomic E-state index is 8.62. The number of pyridine rings is 1. The van der Waals surface area contributed by atoms with Crippen LogP contribution < -0.4 is 10.5 Å². The van der Waals surface area contributed by atoms with Crippen LogP contribution in [0, 0.1) is 0 Å². The lowest BCUT2D eigenvalue weighted by Crippen LogP contribution is -2.40. The van der Waals surface area contributed by atoms with Gasteiger partial charge in [-0.2, -0.15) is 0 Å². The predicted octanol–water partition coefficient (Wildman–Crippen LogP) is 1.04. The number of piperidine rings is 1. The van der Waals surface area contributed by atoms with E-state index < -0.39 is 0 Å². The van der Waals surface area contributed by atoms with Gasteiger partial charge in [-0.25, -0.2) is 0 Å². The van der Waals surface area contributed by atoms with E-state index >= 15 is 0 Å². The maximum Gasteiger partial charge on any atom is 0.188 e. The molecule has 1 atom stereocenters. The summed E-state index contributed by atoms with van der Waals surface area (Å²) < 4.78 is 5.78. The van der Waals surface area contributed by atoms with Gasteiger partial charge in [0.15, 0.2) is 5.84 Å². The van der Waals surface area contributed by atoms with Gasteiger partial charge in [0.25, 0.3) is 0 Å². The van der Waals surface area contributed by atoms with Gasteiger partial charge in [-0.15, -0.1) is 0 Å². The number of aromatic nitrogens is 1. The zero-order chi connectivity index (χ0) is 13.7. The van der Waals surface area contributed by atoms with Gasteiger partial charge >= 0.3 is 0 Å². The van der Waals surface area contributed by atoms with Crippen molar-refractivity contribution < 1.29 is 9.94 Å². The highest BCUT2D eigenvalue weighted by Crippen LogP contribution is 2.17. The van der Waals surface area contributed by atoms with E-state index in [2.05, 4.69) is 22.1 Å². The van der Waals surface area contributed by atoms with Crippen molar-refractivity contribution in [2.45, 2.75) is 25.3 Å². The molecule has 0 spiro atoms. The van der Waals surface area contributed by atoms with Crippen LogP contribution in [0.3, 0.4) is 0 Å². The Labute approximate surface area is 112 Å². The molecule has 0 aliphatic carbocycles. The van der Waals surface area contributed by atoms with Gasteiger partial charge < -0.3 is 20.6 Å². The van der Waals surface area contributed by atoms with Crippen LogP contribution in [0.2, 0.25) is 0 Å². The molecule has 0 amide bonds. The van der Waals surface area contributed by atoms with Crippen LogP contribution in [-0.4, -0.2) is 47.2 Å². The lowest BCUT2D eigenvalue weighted by Gasteiger charge is -2.32. The first-order valence-corrected chi connectivity index (χ1v) is 6.47. The van der Waals surface area contributed by atoms with Crippen LogP contribution >= 0.6 is 0 Å². The number of nitrogens with two attached hydrogens (primary N) is 1. The van der Waals surface area contributed by atoms with Gasteiger partial charge in [-0.05, 0) is 32.5 Å². The molecular formula is C13H20N4O2. The average molecular weight is 264 g/mol. The Balaban J connectivity index is 1.95. The van der Waals surface area contributed by atoms with Gasteiger partial charge in [-0.3, -0.25) is 4.98 Å². The third kappa shape index (κ3) is 3.57. The number of hydrogen-bond donors (Lipinski definition) is 2. The van der Waals surface area contributed by atoms with Gasteiger partial charge in [0.1, 0.15) is 18.1 Å². The number of likely N-dealkylation sites (tertiary alicyclic amines) is 1. The van der Waals surface area contributed by atoms with Crippen molar-refractivity contribution in [1.82, 2.24) is 9.88 Å². The van der Waals surface area contributed by atoms with Gasteiger partial charge in [0.05, 0.1) is 0 Å². The fourth-order valence-electron chi connectivity index (χ4n) is 2.24. The summed E-state index contributed by atoms with van der Waals surface area (Å²) in [4.78, 5) is 6.34. The van der Waals surface area contributed by atoms with E-state index in [1.165, 1.54) is 12.8 Å². The van der Waals surface area contributed by atoms with Crippen LogP contribution in [0.1, 0.15) is 25.0 Å². The van der Waals surface area contributed by atoms with Gasteiger partial charge in [-0.1, -0.05) is 11.6 Å². The smallest absolute Gasteiger partial charge is 0.188 e. The molecule has 6 heteroatoms. The lowest BCUT2D eigenvalue weighted by atomic mass is 10.0. The van der Waals surface area contributed by atoms with E-state index in [1.807, 2.05) is 0 Å². The van der Waals surface area contributed by atoms with Crippen LogP contribution in [0.15, 0.2) is 23.5 Å². The molecule has 6 nitrogen and oxygen atoms in total. The molecule has 0 saturated carbocycles. The number of amidine groups is 1. The Bertz CT molecular complexity index is 450. The van der Waals surface area contributed by atoms with E-state index in [0.29, 0.717) is 24.1 Å². The minimum absolute atomic E-state index is 0.0137. The van der Waals surface area contributed by atoms with Crippen molar-refractivity contribution in [3.63, 3.8) is 0 Å². The zero-order valence-electron chi connectivity index (χ0n) is 11.1. The molecular weight excluding hydrogens is 244 g/mol. The van der Waals surface area contributed by atoms with Crippen LogP contribution in [0.25, 0.3) is 0 Å². The Hall–Kier alpha value is -1.82. The van der Waals surface area contributed by atoms with E-state index in [4.69, 9.17) is 15.7 Å². The number of likely N-dealkylation sites (N-methyl/N-ethyl adjacent to an activating group) is 1. The third-order valence-electron chi connectivity index (χ3n) is 3.47. The normalized spacial score (nSPS) is 21.3. The fourth-order valence-corrected chi connectivity index (χ4v) is 2.24. The van der Waals surface area contributed by atoms with Crippen LogP contribution in [0.5, 0.6) is 5.75 Å². The fraction of sp³-hybridized carbons (Fsp3) is 0.538. The SMILES string of the molecule is CN1CCCCC1COc1ccnc(C(N)=NO)c1. The first-order chi connectivity index (χ1) is 9.20. The van der Waals surface area contributed by atoms with Crippen LogP contribution in [0.4, 0.5) is 0 Å². The molecule has 1 aromatic heterocycles. The summed E-state index contributed by atoms with van der Waals surface area (Å²) in [6, 6.07) is 3.91. The van der Waals surface area contributed by atoms with Crippen molar-refractivity contribution in [3.8, 4) is 5.75 Å². The minimum Gasteiger partial charge on any atom is -0.492 e. The number of ether oxygens (including phenoxy) is 1. The average Bonchev–Trinajstić information content (AvgIpc) is 2.46.